The van der Waals surface area contributed by atoms with Gasteiger partial charge in [0.15, 0.2) is 0 Å². The van der Waals surface area contributed by atoms with Crippen molar-refractivity contribution in [2.45, 2.75) is 6.61 Å². The van der Waals surface area contributed by atoms with E-state index in [1.165, 1.54) is 6.08 Å². The second-order valence-electron chi connectivity index (χ2n) is 5.47. The fourth-order valence-electron chi connectivity index (χ4n) is 2.28. The predicted octanol–water partition coefficient (Wildman–Crippen LogP) is 7.32. The molecule has 3 nitrogen and oxygen atoms in total. The summed E-state index contributed by atoms with van der Waals surface area (Å²) in [4.78, 5) is 11.9. The summed E-state index contributed by atoms with van der Waals surface area (Å²) in [6.07, 6.45) is 2.84. The van der Waals surface area contributed by atoms with E-state index in [1.807, 2.05) is 0 Å². The summed E-state index contributed by atoms with van der Waals surface area (Å²) in [5, 5.41) is 1.80. The molecule has 0 atom stereocenters. The van der Waals surface area contributed by atoms with Gasteiger partial charge in [-0.1, -0.05) is 58.5 Å². The fourth-order valence-corrected chi connectivity index (χ4v) is 3.14. The van der Waals surface area contributed by atoms with E-state index in [0.717, 1.165) is 0 Å². The van der Waals surface area contributed by atoms with Gasteiger partial charge >= 0.3 is 5.97 Å². The molecule has 27 heavy (non-hydrogen) atoms. The average Bonchev–Trinajstić information content (AvgIpc) is 3.10. The molecule has 0 bridgehead atoms. The summed E-state index contributed by atoms with van der Waals surface area (Å²) in [6, 6.07) is 13.7. The standard InChI is InChI=1S/C20H12Cl4O3/c21-13-6-4-12(17(23)10-13)5-9-19(25)26-11-14-7-8-18(27-14)15-2-1-3-16(22)20(15)24/h1-10H,11H2/b9-5+. The average molecular weight is 442 g/mol. The van der Waals surface area contributed by atoms with Crippen LogP contribution in [0.5, 0.6) is 0 Å². The maximum absolute atomic E-state index is 11.9. The van der Waals surface area contributed by atoms with Gasteiger partial charge in [-0.25, -0.2) is 4.79 Å². The minimum absolute atomic E-state index is 0.0181. The second kappa shape index (κ2) is 8.85. The molecule has 2 aromatic carbocycles. The lowest BCUT2D eigenvalue weighted by Crippen LogP contribution is -1.99. The molecule has 0 aliphatic heterocycles. The first-order chi connectivity index (χ1) is 12.9. The Balaban J connectivity index is 1.62. The third-order valence-electron chi connectivity index (χ3n) is 3.60. The maximum atomic E-state index is 11.9. The Morgan fingerprint density at radius 1 is 1.00 bits per heavy atom. The lowest BCUT2D eigenvalue weighted by molar-refractivity contribution is -0.139. The zero-order chi connectivity index (χ0) is 19.4. The number of carbonyl (C=O) groups is 1. The molecule has 7 heteroatoms. The van der Waals surface area contributed by atoms with Gasteiger partial charge in [0.25, 0.3) is 0 Å². The van der Waals surface area contributed by atoms with Crippen LogP contribution in [0.15, 0.2) is 59.0 Å². The van der Waals surface area contributed by atoms with Gasteiger partial charge in [-0.15, -0.1) is 0 Å². The van der Waals surface area contributed by atoms with E-state index in [0.29, 0.717) is 42.7 Å². The van der Waals surface area contributed by atoms with Crippen molar-refractivity contribution in [3.8, 4) is 11.3 Å². The van der Waals surface area contributed by atoms with Crippen LogP contribution in [0.3, 0.4) is 0 Å². The molecular formula is C20H12Cl4O3. The van der Waals surface area contributed by atoms with Gasteiger partial charge in [0.1, 0.15) is 18.1 Å². The van der Waals surface area contributed by atoms with E-state index in [2.05, 4.69) is 0 Å². The van der Waals surface area contributed by atoms with Gasteiger partial charge in [0.05, 0.1) is 10.0 Å². The minimum atomic E-state index is -0.528. The number of hydrogen-bond acceptors (Lipinski definition) is 3. The van der Waals surface area contributed by atoms with Crippen LogP contribution in [0.4, 0.5) is 0 Å². The predicted molar refractivity (Wildman–Crippen MR) is 109 cm³/mol. The second-order valence-corrected chi connectivity index (χ2v) is 7.10. The van der Waals surface area contributed by atoms with Gasteiger partial charge in [-0.05, 0) is 48.0 Å². The van der Waals surface area contributed by atoms with Crippen molar-refractivity contribution < 1.29 is 13.9 Å². The van der Waals surface area contributed by atoms with Crippen molar-refractivity contribution in [3.63, 3.8) is 0 Å². The summed E-state index contributed by atoms with van der Waals surface area (Å²) in [7, 11) is 0. The first-order valence-electron chi connectivity index (χ1n) is 7.77. The highest BCUT2D eigenvalue weighted by molar-refractivity contribution is 6.43. The number of carbonyl (C=O) groups excluding carboxylic acids is 1. The van der Waals surface area contributed by atoms with Crippen molar-refractivity contribution in [2.75, 3.05) is 0 Å². The summed E-state index contributed by atoms with van der Waals surface area (Å²) in [5.41, 5.74) is 1.33. The highest BCUT2D eigenvalue weighted by atomic mass is 35.5. The molecule has 1 aromatic heterocycles. The van der Waals surface area contributed by atoms with E-state index >= 15 is 0 Å². The fraction of sp³-hybridized carbons (Fsp3) is 0.0500. The van der Waals surface area contributed by atoms with E-state index in [9.17, 15) is 4.79 Å². The molecule has 0 saturated carbocycles. The molecule has 0 spiro atoms. The van der Waals surface area contributed by atoms with Crippen LogP contribution >= 0.6 is 46.4 Å². The number of benzene rings is 2. The smallest absolute Gasteiger partial charge is 0.331 e. The molecule has 0 aliphatic rings. The highest BCUT2D eigenvalue weighted by Crippen LogP contribution is 2.34. The summed E-state index contributed by atoms with van der Waals surface area (Å²) < 4.78 is 10.8. The van der Waals surface area contributed by atoms with Crippen LogP contribution < -0.4 is 0 Å². The molecule has 3 rings (SSSR count). The molecule has 0 unspecified atom stereocenters. The number of rotatable bonds is 5. The lowest BCUT2D eigenvalue weighted by atomic mass is 10.2. The zero-order valence-corrected chi connectivity index (χ0v) is 16.7. The largest absolute Gasteiger partial charge is 0.457 e. The van der Waals surface area contributed by atoms with Gasteiger partial charge in [0, 0.05) is 21.7 Å². The van der Waals surface area contributed by atoms with Gasteiger partial charge < -0.3 is 9.15 Å². The van der Waals surface area contributed by atoms with Crippen LogP contribution in [0.2, 0.25) is 20.1 Å². The van der Waals surface area contributed by atoms with Crippen LogP contribution in [0, 0.1) is 0 Å². The third-order valence-corrected chi connectivity index (χ3v) is 4.98. The summed E-state index contributed by atoms with van der Waals surface area (Å²) in [6.45, 7) is -0.0181. The Kier molecular flexibility index (Phi) is 6.51. The number of halogens is 4. The van der Waals surface area contributed by atoms with Crippen molar-refractivity contribution in [3.05, 3.63) is 86.0 Å². The summed E-state index contributed by atoms with van der Waals surface area (Å²) >= 11 is 24.1. The maximum Gasteiger partial charge on any atom is 0.331 e. The third kappa shape index (κ3) is 5.08. The lowest BCUT2D eigenvalue weighted by Gasteiger charge is -2.03. The van der Waals surface area contributed by atoms with E-state index in [-0.39, 0.29) is 6.61 Å². The van der Waals surface area contributed by atoms with Crippen LogP contribution in [0.25, 0.3) is 17.4 Å². The van der Waals surface area contributed by atoms with Crippen molar-refractivity contribution >= 4 is 58.4 Å². The van der Waals surface area contributed by atoms with Crippen LogP contribution in [-0.4, -0.2) is 5.97 Å². The van der Waals surface area contributed by atoms with Crippen LogP contribution in [0.1, 0.15) is 11.3 Å². The normalized spacial score (nSPS) is 11.1. The Morgan fingerprint density at radius 3 is 2.59 bits per heavy atom. The Bertz CT molecular complexity index is 1010. The molecule has 0 N–H and O–H groups in total. The summed E-state index contributed by atoms with van der Waals surface area (Å²) in [5.74, 6) is 0.490. The first kappa shape index (κ1) is 19.8. The van der Waals surface area contributed by atoms with Gasteiger partial charge in [-0.2, -0.15) is 0 Å². The molecule has 3 aromatic rings. The molecule has 0 amide bonds. The molecule has 0 aliphatic carbocycles. The SMILES string of the molecule is O=C(/C=C/c1ccc(Cl)cc1Cl)OCc1ccc(-c2cccc(Cl)c2Cl)o1. The molecule has 0 radical (unpaired) electrons. The van der Waals surface area contributed by atoms with E-state index in [4.69, 9.17) is 55.6 Å². The van der Waals surface area contributed by atoms with Gasteiger partial charge in [-0.3, -0.25) is 0 Å². The van der Waals surface area contributed by atoms with E-state index in [1.54, 1.807) is 54.6 Å². The highest BCUT2D eigenvalue weighted by Gasteiger charge is 2.11. The molecule has 138 valence electrons. The van der Waals surface area contributed by atoms with Crippen molar-refractivity contribution in [1.82, 2.24) is 0 Å². The first-order valence-corrected chi connectivity index (χ1v) is 9.28. The monoisotopic (exact) mass is 440 g/mol. The molecular weight excluding hydrogens is 430 g/mol. The molecule has 0 saturated heterocycles. The van der Waals surface area contributed by atoms with Gasteiger partial charge in [0.2, 0.25) is 0 Å². The zero-order valence-electron chi connectivity index (χ0n) is 13.7. The Labute approximate surface area is 176 Å². The molecule has 1 heterocycles. The Hall–Kier alpha value is -1.91. The Morgan fingerprint density at radius 2 is 1.81 bits per heavy atom. The topological polar surface area (TPSA) is 39.4 Å². The number of ether oxygens (including phenoxy) is 1. The van der Waals surface area contributed by atoms with Crippen molar-refractivity contribution in [1.29, 1.82) is 0 Å². The minimum Gasteiger partial charge on any atom is -0.457 e. The molecule has 0 fully saturated rings. The number of furan rings is 1. The van der Waals surface area contributed by atoms with Crippen LogP contribution in [-0.2, 0) is 16.1 Å². The van der Waals surface area contributed by atoms with E-state index < -0.39 is 5.97 Å². The van der Waals surface area contributed by atoms with Crippen molar-refractivity contribution in [2.24, 2.45) is 0 Å². The number of esters is 1. The number of hydrogen-bond donors (Lipinski definition) is 0. The quantitative estimate of drug-likeness (QED) is 0.307.